The van der Waals surface area contributed by atoms with Crippen molar-refractivity contribution in [1.29, 1.82) is 0 Å². The van der Waals surface area contributed by atoms with Gasteiger partial charge in [-0.2, -0.15) is 0 Å². The number of nitrogens with zero attached hydrogens (tertiary/aromatic N) is 1. The van der Waals surface area contributed by atoms with Crippen molar-refractivity contribution in [3.05, 3.63) is 78.1 Å². The van der Waals surface area contributed by atoms with E-state index in [0.717, 1.165) is 56.6 Å². The Morgan fingerprint density at radius 2 is 1.47 bits per heavy atom. The fourth-order valence-corrected chi connectivity index (χ4v) is 19.7. The molecular formula is C66H92N2O8. The molecule has 414 valence electrons. The van der Waals surface area contributed by atoms with Gasteiger partial charge in [0.05, 0.1) is 41.3 Å². The lowest BCUT2D eigenvalue weighted by atomic mass is 9.41. The first kappa shape index (κ1) is 54.0. The molecule has 1 aromatic rings. The number of carbonyl (C=O) groups excluding carboxylic acids is 4. The van der Waals surface area contributed by atoms with Gasteiger partial charge >= 0.3 is 0 Å². The normalized spacial score (nSPS) is 39.8. The van der Waals surface area contributed by atoms with E-state index in [4.69, 9.17) is 9.47 Å². The fourth-order valence-electron chi connectivity index (χ4n) is 19.7. The van der Waals surface area contributed by atoms with Gasteiger partial charge in [-0.25, -0.2) is 0 Å². The molecule has 12 aliphatic rings. The fraction of sp³-hybridized carbons (Fsp3) is 0.727. The molecule has 10 heteroatoms. The number of imide groups is 1. The van der Waals surface area contributed by atoms with E-state index in [0.29, 0.717) is 30.3 Å². The summed E-state index contributed by atoms with van der Waals surface area (Å²) in [7, 11) is 0. The third-order valence-electron chi connectivity index (χ3n) is 23.6. The summed E-state index contributed by atoms with van der Waals surface area (Å²) in [5.74, 6) is 1.75. The highest BCUT2D eigenvalue weighted by Crippen LogP contribution is 2.71. The maximum Gasteiger partial charge on any atom is 0.236 e. The summed E-state index contributed by atoms with van der Waals surface area (Å²) in [6.07, 6.45) is 27.3. The number of rotatable bonds is 16. The number of hydrogen-bond donors (Lipinski definition) is 3. The molecule has 4 bridgehead atoms. The molecule has 0 radical (unpaired) electrons. The third-order valence-corrected chi connectivity index (χ3v) is 23.6. The number of allylic oxidation sites excluding steroid dienone is 7. The second kappa shape index (κ2) is 19.7. The monoisotopic (exact) mass is 1040 g/mol. The van der Waals surface area contributed by atoms with Crippen LogP contribution < -0.4 is 10.1 Å². The summed E-state index contributed by atoms with van der Waals surface area (Å²) < 4.78 is 13.6. The molecule has 1 aromatic carbocycles. The topological polar surface area (TPSA) is 142 Å². The van der Waals surface area contributed by atoms with Crippen molar-refractivity contribution in [3.8, 4) is 5.75 Å². The van der Waals surface area contributed by atoms with E-state index in [1.807, 2.05) is 45.9 Å². The first-order valence-electron chi connectivity index (χ1n) is 30.1. The molecule has 1 aliphatic heterocycles. The van der Waals surface area contributed by atoms with Gasteiger partial charge < -0.3 is 29.8 Å². The zero-order valence-corrected chi connectivity index (χ0v) is 47.6. The Morgan fingerprint density at radius 3 is 2.17 bits per heavy atom. The molecule has 3 N–H and O–H groups in total. The Balaban J connectivity index is 0.806. The van der Waals surface area contributed by atoms with Gasteiger partial charge in [0, 0.05) is 23.8 Å². The van der Waals surface area contributed by atoms with E-state index in [2.05, 4.69) is 95.4 Å². The second-order valence-corrected chi connectivity index (χ2v) is 28.9. The number of fused-ring (bicyclic) bond motifs is 1. The zero-order chi connectivity index (χ0) is 54.0. The maximum atomic E-state index is 15.8. The van der Waals surface area contributed by atoms with Crippen LogP contribution in [0.1, 0.15) is 152 Å². The zero-order valence-electron chi connectivity index (χ0n) is 47.6. The van der Waals surface area contributed by atoms with E-state index in [1.54, 1.807) is 4.90 Å². The smallest absolute Gasteiger partial charge is 0.236 e. The van der Waals surface area contributed by atoms with Crippen molar-refractivity contribution in [2.75, 3.05) is 13.2 Å². The number of aliphatic hydroxyl groups is 2. The molecule has 11 aliphatic carbocycles. The summed E-state index contributed by atoms with van der Waals surface area (Å²) >= 11 is 0. The Morgan fingerprint density at radius 1 is 0.803 bits per heavy atom. The van der Waals surface area contributed by atoms with Gasteiger partial charge in [-0.15, -0.1) is 0 Å². The van der Waals surface area contributed by atoms with Gasteiger partial charge in [0.25, 0.3) is 0 Å². The first-order chi connectivity index (χ1) is 36.0. The van der Waals surface area contributed by atoms with E-state index >= 15 is 14.4 Å². The molecule has 16 unspecified atom stereocenters. The van der Waals surface area contributed by atoms with Gasteiger partial charge in [0.15, 0.2) is 0 Å². The number of ether oxygens (including phenoxy) is 2. The summed E-state index contributed by atoms with van der Waals surface area (Å²) in [5.41, 5.74) is -2.09. The van der Waals surface area contributed by atoms with Gasteiger partial charge in [-0.05, 0) is 210 Å². The first-order valence-corrected chi connectivity index (χ1v) is 30.1. The molecule has 0 aromatic heterocycles. The van der Waals surface area contributed by atoms with Crippen molar-refractivity contribution >= 4 is 24.0 Å². The molecule has 13 rings (SSSR count). The minimum absolute atomic E-state index is 0.00194. The average molecular weight is 1040 g/mol. The van der Waals surface area contributed by atoms with E-state index in [1.165, 1.54) is 31.2 Å². The predicted octanol–water partition coefficient (Wildman–Crippen LogP) is 11.8. The highest BCUT2D eigenvalue weighted by Gasteiger charge is 2.77. The van der Waals surface area contributed by atoms with Crippen LogP contribution >= 0.6 is 0 Å². The minimum atomic E-state index is -1.00. The van der Waals surface area contributed by atoms with Crippen molar-refractivity contribution in [3.63, 3.8) is 0 Å². The van der Waals surface area contributed by atoms with Crippen molar-refractivity contribution in [2.45, 2.75) is 174 Å². The highest BCUT2D eigenvalue weighted by atomic mass is 16.5. The van der Waals surface area contributed by atoms with Crippen LogP contribution in [0, 0.1) is 112 Å². The largest absolute Gasteiger partial charge is 0.513 e. The highest BCUT2D eigenvalue weighted by molar-refractivity contribution is 6.07. The number of benzene rings is 1. The summed E-state index contributed by atoms with van der Waals surface area (Å²) in [6.45, 7) is 21.8. The molecule has 17 atom stereocenters. The molecule has 8 fully saturated rings. The Labute approximate surface area is 454 Å². The standard InChI is InChI=1S/C66H92N2O8/c1-37(2)38-22-24-39(25-23-38)64(7,8)40-26-29-43(30-27-40)75-34-42(71)35-76-66-51-20-14-13-18-47(51)55(48-19-15-21-52(48)66)57-58(66)61(74)68(60(57)73)65(9,10)62(3,4)36-63(5,6)67-59(72)56-50(33-69)53-44-16-11-12-17-45(44)54(56)49-32-41(70)28-31-46(49)53/h11,14-16,19-20,26-27,29-30,32-33,37-39,42,44-58,70-71H,12-13,17-18,21-25,28,31,34-36H2,1-10H3,(H,67,72)/t38?,39?,42?,44?,45?,46?,47?,48?,49?,50?,51?,52?,53-,54?,55?,56?,57?,58?,66?/m0/s1. The quantitative estimate of drug-likeness (QED) is 0.0844. The molecule has 7 saturated carbocycles. The molecule has 1 heterocycles. The van der Waals surface area contributed by atoms with E-state index in [9.17, 15) is 15.0 Å². The van der Waals surface area contributed by atoms with Crippen LogP contribution in [0.4, 0.5) is 0 Å². The van der Waals surface area contributed by atoms with Crippen molar-refractivity contribution in [1.82, 2.24) is 10.2 Å². The lowest BCUT2D eigenvalue weighted by molar-refractivity contribution is -0.259. The van der Waals surface area contributed by atoms with Crippen LogP contribution in [-0.2, 0) is 29.3 Å². The molecular weight excluding hydrogens is 949 g/mol. The van der Waals surface area contributed by atoms with Crippen LogP contribution in [0.25, 0.3) is 0 Å². The number of hydrogen-bond acceptors (Lipinski definition) is 8. The Bertz CT molecular complexity index is 2530. The Kier molecular flexibility index (Phi) is 14.0. The van der Waals surface area contributed by atoms with Crippen molar-refractivity contribution in [2.24, 2.45) is 112 Å². The number of amides is 3. The molecule has 0 spiro atoms. The summed E-state index contributed by atoms with van der Waals surface area (Å²) in [5, 5.41) is 26.1. The molecule has 3 amide bonds. The second-order valence-electron chi connectivity index (χ2n) is 28.9. The van der Waals surface area contributed by atoms with Gasteiger partial charge in [-0.3, -0.25) is 19.3 Å². The number of likely N-dealkylation sites (tertiary alicyclic amines) is 1. The summed E-state index contributed by atoms with van der Waals surface area (Å²) in [6, 6.07) is 8.43. The van der Waals surface area contributed by atoms with Gasteiger partial charge in [0.1, 0.15) is 24.7 Å². The van der Waals surface area contributed by atoms with E-state index < -0.39 is 51.9 Å². The minimum Gasteiger partial charge on any atom is -0.513 e. The van der Waals surface area contributed by atoms with Crippen LogP contribution in [0.3, 0.4) is 0 Å². The molecule has 1 saturated heterocycles. The lowest BCUT2D eigenvalue weighted by Crippen LogP contribution is -2.71. The Hall–Kier alpha value is -4.02. The third kappa shape index (κ3) is 8.50. The SMILES string of the molecule is CC(C)C1CCC(C(C)(C)c2ccc(OCC(O)COC34C5C=CCCC5C(C5C=CCC53)C3C(=O)N(C(C)(C)C(C)(C)CC(C)(C)NC(=O)C5C6C7C=C(O)CCC7[C@H](C7C=CCCC67)C5C=O)C(=O)C34)cc2)CC1. The maximum absolute atomic E-state index is 15.8. The van der Waals surface area contributed by atoms with Gasteiger partial charge in [0.2, 0.25) is 17.7 Å². The lowest BCUT2D eigenvalue weighted by Gasteiger charge is -2.65. The van der Waals surface area contributed by atoms with Crippen molar-refractivity contribution < 1.29 is 38.9 Å². The number of carbonyl (C=O) groups is 4. The summed E-state index contributed by atoms with van der Waals surface area (Å²) in [4.78, 5) is 61.2. The number of nitrogens with one attached hydrogen (secondary N) is 1. The van der Waals surface area contributed by atoms with Gasteiger partial charge in [-0.1, -0.05) is 90.1 Å². The molecule has 10 nitrogen and oxygen atoms in total. The number of aliphatic hydroxyl groups excluding tert-OH is 2. The predicted molar refractivity (Wildman–Crippen MR) is 295 cm³/mol. The van der Waals surface area contributed by atoms with Crippen LogP contribution in [0.5, 0.6) is 5.75 Å². The van der Waals surface area contributed by atoms with E-state index in [-0.39, 0.29) is 101 Å². The molecule has 76 heavy (non-hydrogen) atoms. The average Bonchev–Trinajstić information content (AvgIpc) is 4.00. The number of aldehydes is 1. The van der Waals surface area contributed by atoms with Crippen LogP contribution in [-0.4, -0.2) is 75.1 Å². The van der Waals surface area contributed by atoms with Crippen LogP contribution in [0.15, 0.2) is 72.6 Å². The van der Waals surface area contributed by atoms with Crippen LogP contribution in [0.2, 0.25) is 0 Å².